The summed E-state index contributed by atoms with van der Waals surface area (Å²) >= 11 is 0. The number of rotatable bonds is 3. The van der Waals surface area contributed by atoms with Crippen LogP contribution >= 0.6 is 0 Å². The highest BCUT2D eigenvalue weighted by atomic mass is 16.5. The maximum Gasteiger partial charge on any atom is 0.348 e. The van der Waals surface area contributed by atoms with Crippen LogP contribution in [0.4, 0.5) is 0 Å². The first-order valence-corrected chi connectivity index (χ1v) is 4.34. The van der Waals surface area contributed by atoms with Crippen molar-refractivity contribution >= 4 is 5.97 Å². The minimum Gasteiger partial charge on any atom is -0.478 e. The molecule has 1 N–H and O–H groups in total. The van der Waals surface area contributed by atoms with E-state index in [0.29, 0.717) is 12.8 Å². The van der Waals surface area contributed by atoms with Gasteiger partial charge in [0, 0.05) is 12.3 Å². The van der Waals surface area contributed by atoms with Crippen molar-refractivity contribution in [1.82, 2.24) is 9.97 Å². The highest BCUT2D eigenvalue weighted by Gasteiger charge is 2.47. The van der Waals surface area contributed by atoms with E-state index < -0.39 is 11.6 Å². The lowest BCUT2D eigenvalue weighted by molar-refractivity contribution is -0.163. The van der Waals surface area contributed by atoms with Gasteiger partial charge >= 0.3 is 5.97 Å². The van der Waals surface area contributed by atoms with Crippen molar-refractivity contribution < 1.29 is 14.6 Å². The molecule has 1 saturated carbocycles. The summed E-state index contributed by atoms with van der Waals surface area (Å²) in [5.74, 6) is -0.663. The molecule has 2 rings (SSSR count). The molecular weight excluding hydrogens is 184 g/mol. The normalized spacial score (nSPS) is 18.3. The first kappa shape index (κ1) is 8.93. The lowest BCUT2D eigenvalue weighted by atomic mass is 9.80. The van der Waals surface area contributed by atoms with Crippen LogP contribution in [0.2, 0.25) is 0 Å². The average Bonchev–Trinajstić information content (AvgIpc) is 2.12. The molecule has 1 fully saturated rings. The van der Waals surface area contributed by atoms with Crippen LogP contribution < -0.4 is 4.74 Å². The van der Waals surface area contributed by atoms with Crippen molar-refractivity contribution in [3.8, 4) is 5.88 Å². The number of nitrogens with zero attached hydrogens (tertiary/aromatic N) is 2. The number of carbonyl (C=O) groups is 1. The summed E-state index contributed by atoms with van der Waals surface area (Å²) in [4.78, 5) is 18.2. The third-order valence-electron chi connectivity index (χ3n) is 2.36. The van der Waals surface area contributed by atoms with E-state index in [0.717, 1.165) is 6.42 Å². The number of hydrogen-bond donors (Lipinski definition) is 1. The van der Waals surface area contributed by atoms with Crippen LogP contribution in [-0.4, -0.2) is 26.6 Å². The van der Waals surface area contributed by atoms with Gasteiger partial charge in [-0.1, -0.05) is 0 Å². The van der Waals surface area contributed by atoms with Crippen molar-refractivity contribution in [3.05, 3.63) is 18.6 Å². The third-order valence-corrected chi connectivity index (χ3v) is 2.36. The van der Waals surface area contributed by atoms with Gasteiger partial charge in [0.2, 0.25) is 17.8 Å². The molecule has 0 unspecified atom stereocenters. The fourth-order valence-electron chi connectivity index (χ4n) is 1.36. The molecule has 73 valence electrons. The lowest BCUT2D eigenvalue weighted by Gasteiger charge is -2.36. The van der Waals surface area contributed by atoms with Crippen LogP contribution in [0.1, 0.15) is 19.3 Å². The van der Waals surface area contributed by atoms with E-state index in [-0.39, 0.29) is 5.88 Å². The van der Waals surface area contributed by atoms with E-state index >= 15 is 0 Å². The van der Waals surface area contributed by atoms with E-state index in [2.05, 4.69) is 16.3 Å². The molecule has 14 heavy (non-hydrogen) atoms. The average molecular weight is 193 g/mol. The van der Waals surface area contributed by atoms with Crippen LogP contribution in [0.25, 0.3) is 0 Å². The minimum atomic E-state index is -1.07. The Kier molecular flexibility index (Phi) is 2.07. The second kappa shape index (κ2) is 3.25. The molecule has 1 aromatic heterocycles. The van der Waals surface area contributed by atoms with Gasteiger partial charge in [-0.25, -0.2) is 9.78 Å². The molecule has 1 heterocycles. The third kappa shape index (κ3) is 1.41. The monoisotopic (exact) mass is 193 g/mol. The van der Waals surface area contributed by atoms with E-state index in [1.165, 1.54) is 12.3 Å². The largest absolute Gasteiger partial charge is 0.478 e. The zero-order valence-corrected chi connectivity index (χ0v) is 7.43. The zero-order valence-electron chi connectivity index (χ0n) is 7.43. The highest BCUT2D eigenvalue weighted by Crippen LogP contribution is 2.36. The van der Waals surface area contributed by atoms with Gasteiger partial charge in [-0.3, -0.25) is 0 Å². The lowest BCUT2D eigenvalue weighted by Crippen LogP contribution is -2.50. The van der Waals surface area contributed by atoms with Gasteiger partial charge in [0.25, 0.3) is 0 Å². The van der Waals surface area contributed by atoms with Crippen LogP contribution in [-0.2, 0) is 4.79 Å². The molecule has 5 nitrogen and oxygen atoms in total. The van der Waals surface area contributed by atoms with Gasteiger partial charge in [-0.2, -0.15) is 4.98 Å². The summed E-state index contributed by atoms with van der Waals surface area (Å²) in [5, 5.41) is 8.97. The molecule has 0 aliphatic heterocycles. The number of ether oxygens (including phenoxy) is 1. The Labute approximate surface area is 80.8 Å². The van der Waals surface area contributed by atoms with Crippen LogP contribution in [0.5, 0.6) is 5.88 Å². The fraction of sp³-hybridized carbons (Fsp3) is 0.444. The molecule has 0 amide bonds. The van der Waals surface area contributed by atoms with Crippen molar-refractivity contribution in [2.45, 2.75) is 24.9 Å². The van der Waals surface area contributed by atoms with Gasteiger partial charge in [0.05, 0.1) is 0 Å². The van der Waals surface area contributed by atoms with Crippen molar-refractivity contribution in [3.63, 3.8) is 0 Å². The van der Waals surface area contributed by atoms with Crippen molar-refractivity contribution in [2.24, 2.45) is 0 Å². The Morgan fingerprint density at radius 1 is 1.64 bits per heavy atom. The number of aliphatic carboxylic acids is 1. The molecule has 0 atom stereocenters. The molecule has 0 aromatic carbocycles. The highest BCUT2D eigenvalue weighted by molar-refractivity contribution is 5.79. The van der Waals surface area contributed by atoms with Crippen LogP contribution in [0, 0.1) is 6.33 Å². The number of aromatic nitrogens is 2. The molecule has 0 bridgehead atoms. The van der Waals surface area contributed by atoms with Gasteiger partial charge < -0.3 is 9.84 Å². The van der Waals surface area contributed by atoms with Gasteiger partial charge in [-0.05, 0) is 19.3 Å². The number of carboxylic acids is 1. The molecular formula is C9H9N2O3. The van der Waals surface area contributed by atoms with E-state index in [1.54, 1.807) is 0 Å². The summed E-state index contributed by atoms with van der Waals surface area (Å²) in [6.45, 7) is 0. The summed E-state index contributed by atoms with van der Waals surface area (Å²) in [6.07, 6.45) is 5.77. The Balaban J connectivity index is 2.13. The van der Waals surface area contributed by atoms with Gasteiger partial charge in [0.1, 0.15) is 0 Å². The van der Waals surface area contributed by atoms with E-state index in [4.69, 9.17) is 9.84 Å². The maximum atomic E-state index is 10.9. The first-order valence-electron chi connectivity index (χ1n) is 4.34. The standard InChI is InChI=1S/C9H9N2O3/c12-8(13)9(3-1-4-9)14-7-2-5-10-6-11-7/h2,5H,1,3-4H2,(H,12,13). The predicted octanol–water partition coefficient (Wildman–Crippen LogP) is 0.663. The van der Waals surface area contributed by atoms with E-state index in [1.807, 2.05) is 0 Å². The van der Waals surface area contributed by atoms with Crippen LogP contribution in [0.3, 0.4) is 0 Å². The van der Waals surface area contributed by atoms with Crippen molar-refractivity contribution in [2.75, 3.05) is 0 Å². The second-order valence-electron chi connectivity index (χ2n) is 3.25. The molecule has 5 heteroatoms. The Bertz CT molecular complexity index is 335. The van der Waals surface area contributed by atoms with Gasteiger partial charge in [0.15, 0.2) is 0 Å². The molecule has 0 saturated heterocycles. The Morgan fingerprint density at radius 3 is 2.86 bits per heavy atom. The smallest absolute Gasteiger partial charge is 0.348 e. The summed E-state index contributed by atoms with van der Waals surface area (Å²) < 4.78 is 5.32. The van der Waals surface area contributed by atoms with E-state index in [9.17, 15) is 4.79 Å². The Hall–Kier alpha value is -1.65. The first-order chi connectivity index (χ1) is 6.73. The number of hydrogen-bond acceptors (Lipinski definition) is 4. The molecule has 1 aromatic rings. The quantitative estimate of drug-likeness (QED) is 0.763. The SMILES string of the molecule is O=C(O)C1(Oc2ccn[c]n2)CCC1. The minimum absolute atomic E-state index is 0.266. The molecule has 1 aliphatic rings. The summed E-state index contributed by atoms with van der Waals surface area (Å²) in [6, 6.07) is 1.53. The second-order valence-corrected chi connectivity index (χ2v) is 3.25. The topological polar surface area (TPSA) is 72.3 Å². The Morgan fingerprint density at radius 2 is 2.43 bits per heavy atom. The van der Waals surface area contributed by atoms with Gasteiger partial charge in [-0.15, -0.1) is 0 Å². The molecule has 1 aliphatic carbocycles. The summed E-state index contributed by atoms with van der Waals surface area (Å²) in [5.41, 5.74) is -1.07. The molecule has 1 radical (unpaired) electrons. The fourth-order valence-corrected chi connectivity index (χ4v) is 1.36. The zero-order chi connectivity index (χ0) is 10.0. The van der Waals surface area contributed by atoms with Crippen LogP contribution in [0.15, 0.2) is 12.3 Å². The predicted molar refractivity (Wildman–Crippen MR) is 45.7 cm³/mol. The van der Waals surface area contributed by atoms with Crippen molar-refractivity contribution in [1.29, 1.82) is 0 Å². The maximum absolute atomic E-state index is 10.9. The number of carboxylic acid groups (broad SMARTS) is 1. The summed E-state index contributed by atoms with van der Waals surface area (Å²) in [7, 11) is 0. The molecule has 0 spiro atoms.